The third kappa shape index (κ3) is 5.36. The van der Waals surface area contributed by atoms with Crippen molar-refractivity contribution >= 4 is 10.8 Å². The van der Waals surface area contributed by atoms with E-state index in [9.17, 15) is 0 Å². The molecule has 0 N–H and O–H groups in total. The van der Waals surface area contributed by atoms with Crippen molar-refractivity contribution in [1.29, 1.82) is 0 Å². The molecule has 2 heteroatoms. The maximum absolute atomic E-state index is 5.09. The summed E-state index contributed by atoms with van der Waals surface area (Å²) in [5, 5.41) is 2.45. The first-order valence-electron chi connectivity index (χ1n) is 21.6. The van der Waals surface area contributed by atoms with E-state index in [2.05, 4.69) is 220 Å². The lowest BCUT2D eigenvalue weighted by Crippen LogP contribution is -2.40. The number of benzene rings is 9. The minimum absolute atomic E-state index is 0.137. The Morgan fingerprint density at radius 1 is 0.290 bits per heavy atom. The van der Waals surface area contributed by atoms with Crippen molar-refractivity contribution in [3.05, 3.63) is 252 Å². The fraction of sp³-hybridized carbons (Fsp3) is 0.0667. The van der Waals surface area contributed by atoms with E-state index in [-0.39, 0.29) is 5.41 Å². The molecule has 292 valence electrons. The van der Waals surface area contributed by atoms with Crippen molar-refractivity contribution in [2.24, 2.45) is 0 Å². The first kappa shape index (κ1) is 36.2. The first-order chi connectivity index (χ1) is 30.5. The van der Waals surface area contributed by atoms with Gasteiger partial charge in [-0.15, -0.1) is 0 Å². The fourth-order valence-electron chi connectivity index (χ4n) is 10.7. The van der Waals surface area contributed by atoms with Crippen LogP contribution in [0.5, 0.6) is 0 Å². The van der Waals surface area contributed by atoms with Crippen LogP contribution in [0, 0.1) is 0 Å². The van der Waals surface area contributed by atoms with Crippen molar-refractivity contribution in [1.82, 2.24) is 9.97 Å². The van der Waals surface area contributed by atoms with Crippen molar-refractivity contribution in [3.8, 4) is 67.3 Å². The van der Waals surface area contributed by atoms with Gasteiger partial charge in [-0.3, -0.25) is 0 Å². The third-order valence-corrected chi connectivity index (χ3v) is 13.6. The highest BCUT2D eigenvalue weighted by Gasteiger charge is 2.53. The molecule has 0 aliphatic heterocycles. The van der Waals surface area contributed by atoms with Crippen LogP contribution in [-0.2, 0) is 10.8 Å². The summed E-state index contributed by atoms with van der Waals surface area (Å²) >= 11 is 0. The molecule has 0 fully saturated rings. The zero-order chi connectivity index (χ0) is 41.4. The van der Waals surface area contributed by atoms with Crippen molar-refractivity contribution in [3.63, 3.8) is 0 Å². The van der Waals surface area contributed by atoms with Gasteiger partial charge in [-0.1, -0.05) is 220 Å². The largest absolute Gasteiger partial charge is 0.228 e. The van der Waals surface area contributed by atoms with Crippen molar-refractivity contribution < 1.29 is 0 Å². The molecule has 0 bridgehead atoms. The Kier molecular flexibility index (Phi) is 8.14. The van der Waals surface area contributed by atoms with Crippen molar-refractivity contribution in [2.45, 2.75) is 24.7 Å². The highest BCUT2D eigenvalue weighted by Crippen LogP contribution is 2.62. The van der Waals surface area contributed by atoms with Gasteiger partial charge in [-0.25, -0.2) is 9.97 Å². The maximum Gasteiger partial charge on any atom is 0.160 e. The number of nitrogens with zero attached hydrogens (tertiary/aromatic N) is 2. The summed E-state index contributed by atoms with van der Waals surface area (Å²) in [6, 6.07) is 79.7. The van der Waals surface area contributed by atoms with Gasteiger partial charge in [0.25, 0.3) is 0 Å². The quantitative estimate of drug-likeness (QED) is 0.174. The average molecular weight is 791 g/mol. The molecule has 1 spiro atoms. The lowest BCUT2D eigenvalue weighted by Gasteiger charge is -2.46. The standard InChI is InChI=1S/C60H42N2/c1-59(2)51-25-13-15-27-53(51)60(54-28-16-14-26-52(54)59)50-24-12-11-23-48(50)49-34-33-43(37-55(49)60)45-36-35-44(46-21-9-10-22-47(45)46)39-29-31-42(32-30-39)58-61-56(40-17-5-3-6-18-40)38-57(62-58)41-19-7-4-8-20-41/h3-38H,1-2H3. The smallest absolute Gasteiger partial charge is 0.160 e. The molecule has 12 rings (SSSR count). The molecule has 10 aromatic rings. The number of rotatable bonds is 5. The number of fused-ring (bicyclic) bond motifs is 10. The van der Waals surface area contributed by atoms with E-state index in [0.29, 0.717) is 5.82 Å². The minimum Gasteiger partial charge on any atom is -0.228 e. The van der Waals surface area contributed by atoms with Gasteiger partial charge in [-0.05, 0) is 89.7 Å². The highest BCUT2D eigenvalue weighted by molar-refractivity contribution is 6.05. The fourth-order valence-corrected chi connectivity index (χ4v) is 10.7. The predicted octanol–water partition coefficient (Wildman–Crippen LogP) is 15.0. The van der Waals surface area contributed by atoms with Gasteiger partial charge in [0, 0.05) is 22.1 Å². The molecule has 0 unspecified atom stereocenters. The van der Waals surface area contributed by atoms with Crippen molar-refractivity contribution in [2.75, 3.05) is 0 Å². The van der Waals surface area contributed by atoms with Crippen LogP contribution in [0.4, 0.5) is 0 Å². The van der Waals surface area contributed by atoms with Gasteiger partial charge in [0.15, 0.2) is 5.82 Å². The van der Waals surface area contributed by atoms with E-state index in [1.165, 1.54) is 72.0 Å². The molecule has 1 heterocycles. The summed E-state index contributed by atoms with van der Waals surface area (Å²) in [7, 11) is 0. The molecule has 2 aliphatic rings. The minimum atomic E-state index is -0.436. The Morgan fingerprint density at radius 3 is 1.29 bits per heavy atom. The second kappa shape index (κ2) is 13.9. The molecular weight excluding hydrogens is 749 g/mol. The zero-order valence-corrected chi connectivity index (χ0v) is 34.7. The van der Waals surface area contributed by atoms with Gasteiger partial charge in [0.2, 0.25) is 0 Å². The average Bonchev–Trinajstić information content (AvgIpc) is 3.63. The molecule has 2 nitrogen and oxygen atoms in total. The topological polar surface area (TPSA) is 25.8 Å². The zero-order valence-electron chi connectivity index (χ0n) is 34.7. The van der Waals surface area contributed by atoms with Crippen LogP contribution in [0.3, 0.4) is 0 Å². The Bertz CT molecular complexity index is 3260. The van der Waals surface area contributed by atoms with E-state index in [1.54, 1.807) is 0 Å². The highest BCUT2D eigenvalue weighted by atomic mass is 14.9. The van der Waals surface area contributed by atoms with Crippen LogP contribution in [0.1, 0.15) is 47.2 Å². The second-order valence-corrected chi connectivity index (χ2v) is 17.2. The van der Waals surface area contributed by atoms with Gasteiger partial charge in [-0.2, -0.15) is 0 Å². The summed E-state index contributed by atoms with van der Waals surface area (Å²) in [4.78, 5) is 10.2. The summed E-state index contributed by atoms with van der Waals surface area (Å²) in [5.41, 5.74) is 20.0. The van der Waals surface area contributed by atoms with Crippen LogP contribution in [0.15, 0.2) is 218 Å². The number of aromatic nitrogens is 2. The Morgan fingerprint density at radius 2 is 0.710 bits per heavy atom. The van der Waals surface area contributed by atoms with E-state index in [0.717, 1.165) is 33.6 Å². The van der Waals surface area contributed by atoms with Crippen LogP contribution in [0.25, 0.3) is 78.1 Å². The van der Waals surface area contributed by atoms with Gasteiger partial charge >= 0.3 is 0 Å². The van der Waals surface area contributed by atoms with Gasteiger partial charge in [0.05, 0.1) is 16.8 Å². The van der Waals surface area contributed by atoms with Crippen LogP contribution in [-0.4, -0.2) is 9.97 Å². The molecule has 62 heavy (non-hydrogen) atoms. The summed E-state index contributed by atoms with van der Waals surface area (Å²) in [6.07, 6.45) is 0. The molecule has 0 saturated carbocycles. The van der Waals surface area contributed by atoms with E-state index in [1.807, 2.05) is 12.1 Å². The van der Waals surface area contributed by atoms with Gasteiger partial charge < -0.3 is 0 Å². The Labute approximate surface area is 362 Å². The number of hydrogen-bond acceptors (Lipinski definition) is 2. The lowest BCUT2D eigenvalue weighted by atomic mass is 9.55. The van der Waals surface area contributed by atoms with Crippen LogP contribution < -0.4 is 0 Å². The molecule has 9 aromatic carbocycles. The summed E-state index contributed by atoms with van der Waals surface area (Å²) < 4.78 is 0. The molecule has 0 atom stereocenters. The lowest BCUT2D eigenvalue weighted by molar-refractivity contribution is 0.563. The molecule has 1 aromatic heterocycles. The first-order valence-corrected chi connectivity index (χ1v) is 21.6. The molecule has 2 aliphatic carbocycles. The maximum atomic E-state index is 5.09. The molecule has 0 radical (unpaired) electrons. The summed E-state index contributed by atoms with van der Waals surface area (Å²) in [6.45, 7) is 4.77. The summed E-state index contributed by atoms with van der Waals surface area (Å²) in [5.74, 6) is 0.709. The normalized spacial score (nSPS) is 13.9. The monoisotopic (exact) mass is 790 g/mol. The predicted molar refractivity (Wildman–Crippen MR) is 256 cm³/mol. The molecular formula is C60H42N2. The molecule has 0 amide bonds. The third-order valence-electron chi connectivity index (χ3n) is 13.6. The van der Waals surface area contributed by atoms with E-state index in [4.69, 9.17) is 9.97 Å². The van der Waals surface area contributed by atoms with Crippen LogP contribution in [0.2, 0.25) is 0 Å². The molecule has 0 saturated heterocycles. The SMILES string of the molecule is CC1(C)c2ccccc2C2(c3ccccc3-c3ccc(-c4ccc(-c5ccc(-c6nc(-c7ccccc7)cc(-c7ccccc7)n6)cc5)c5ccccc45)cc32)c2ccccc21. The Balaban J connectivity index is 0.981. The second-order valence-electron chi connectivity index (χ2n) is 17.2. The van der Waals surface area contributed by atoms with Gasteiger partial charge in [0.1, 0.15) is 0 Å². The van der Waals surface area contributed by atoms with Crippen LogP contribution >= 0.6 is 0 Å². The Hall–Kier alpha value is -7.68. The van der Waals surface area contributed by atoms with E-state index < -0.39 is 5.41 Å². The van der Waals surface area contributed by atoms with E-state index >= 15 is 0 Å². The number of hydrogen-bond donors (Lipinski definition) is 0.